The van der Waals surface area contributed by atoms with E-state index in [0.717, 1.165) is 24.3 Å². The van der Waals surface area contributed by atoms with Crippen molar-refractivity contribution in [3.63, 3.8) is 0 Å². The van der Waals surface area contributed by atoms with Crippen LogP contribution in [0.1, 0.15) is 52.0 Å². The maximum atomic E-state index is 9.99. The summed E-state index contributed by atoms with van der Waals surface area (Å²) < 4.78 is 5.71. The van der Waals surface area contributed by atoms with Crippen LogP contribution in [0.15, 0.2) is 30.3 Å². The van der Waals surface area contributed by atoms with Crippen molar-refractivity contribution < 1.29 is 9.53 Å². The van der Waals surface area contributed by atoms with Gasteiger partial charge in [-0.3, -0.25) is 0 Å². The number of esters is 1. The van der Waals surface area contributed by atoms with Crippen LogP contribution >= 0.6 is 0 Å². The van der Waals surface area contributed by atoms with Crippen molar-refractivity contribution in [1.82, 2.24) is 0 Å². The number of benzene rings is 1. The van der Waals surface area contributed by atoms with Crippen LogP contribution < -0.4 is 0 Å². The molecule has 0 heterocycles. The highest BCUT2D eigenvalue weighted by Gasteiger charge is 2.34. The third kappa shape index (κ3) is 3.82. The molecule has 19 heavy (non-hydrogen) atoms. The Morgan fingerprint density at radius 2 is 1.63 bits per heavy atom. The van der Waals surface area contributed by atoms with Gasteiger partial charge in [0.15, 0.2) is 6.10 Å². The van der Waals surface area contributed by atoms with Gasteiger partial charge in [-0.1, -0.05) is 39.0 Å². The van der Waals surface area contributed by atoms with Gasteiger partial charge in [-0.05, 0) is 36.3 Å². The minimum atomic E-state index is 0.0693. The zero-order valence-corrected chi connectivity index (χ0v) is 12.2. The summed E-state index contributed by atoms with van der Waals surface area (Å²) in [6, 6.07) is 9.49. The van der Waals surface area contributed by atoms with E-state index in [1.807, 2.05) is 30.3 Å². The lowest BCUT2D eigenvalue weighted by Gasteiger charge is -2.34. The minimum Gasteiger partial charge on any atom is -0.335 e. The van der Waals surface area contributed by atoms with Crippen LogP contribution in [0.25, 0.3) is 0 Å². The molecule has 0 aliphatic heterocycles. The van der Waals surface area contributed by atoms with Gasteiger partial charge < -0.3 is 9.53 Å². The maximum Gasteiger partial charge on any atom is 0.517 e. The second-order valence-electron chi connectivity index (χ2n) is 6.63. The first kappa shape index (κ1) is 14.1. The molecule has 104 valence electrons. The highest BCUT2D eigenvalue weighted by atomic mass is 16.5. The fourth-order valence-corrected chi connectivity index (χ4v) is 2.85. The molecule has 0 amide bonds. The van der Waals surface area contributed by atoms with Gasteiger partial charge in [-0.15, -0.1) is 0 Å². The van der Waals surface area contributed by atoms with E-state index in [2.05, 4.69) is 20.8 Å². The van der Waals surface area contributed by atoms with Gasteiger partial charge >= 0.3 is 5.97 Å². The topological polar surface area (TPSA) is 30.6 Å². The molecule has 0 radical (unpaired) electrons. The van der Waals surface area contributed by atoms with Crippen LogP contribution in [0, 0.1) is 11.3 Å². The molecule has 1 aliphatic rings. The van der Waals surface area contributed by atoms with Gasteiger partial charge in [-0.2, -0.15) is 0 Å². The average Bonchev–Trinajstić information content (AvgIpc) is 2.39. The van der Waals surface area contributed by atoms with Crippen molar-refractivity contribution in [3.05, 3.63) is 35.9 Å². The van der Waals surface area contributed by atoms with Crippen molar-refractivity contribution in [3.8, 4) is 0 Å². The van der Waals surface area contributed by atoms with Gasteiger partial charge in [0.2, 0.25) is 0 Å². The fraction of sp³-hybridized carbons (Fsp3) is 0.588. The lowest BCUT2D eigenvalue weighted by Crippen LogP contribution is -2.30. The molecule has 2 nitrogen and oxygen atoms in total. The van der Waals surface area contributed by atoms with Crippen molar-refractivity contribution in [2.75, 3.05) is 0 Å². The lowest BCUT2D eigenvalue weighted by atomic mass is 9.72. The van der Waals surface area contributed by atoms with Crippen molar-refractivity contribution in [2.24, 2.45) is 11.3 Å². The van der Waals surface area contributed by atoms with Crippen molar-refractivity contribution >= 4 is 5.97 Å². The van der Waals surface area contributed by atoms with E-state index < -0.39 is 0 Å². The molecular formula is C17H25O2+. The zero-order chi connectivity index (χ0) is 13.9. The first-order chi connectivity index (χ1) is 8.97. The third-order valence-electron chi connectivity index (χ3n) is 4.20. The SMILES string of the molecule is CC(C)(C)C1CCC(OC(=[OH+])c2ccccc2)CC1. The molecule has 1 aromatic carbocycles. The number of rotatable bonds is 2. The van der Waals surface area contributed by atoms with Gasteiger partial charge in [0.1, 0.15) is 5.56 Å². The number of hydrogen-bond acceptors (Lipinski definition) is 1. The number of carbonyl (C=O) groups excluding carboxylic acids is 1. The molecule has 2 heteroatoms. The first-order valence-corrected chi connectivity index (χ1v) is 7.25. The molecule has 0 bridgehead atoms. The molecule has 1 fully saturated rings. The summed E-state index contributed by atoms with van der Waals surface area (Å²) in [6.45, 7) is 6.94. The quantitative estimate of drug-likeness (QED) is 0.581. The van der Waals surface area contributed by atoms with Crippen LogP contribution in [0.4, 0.5) is 0 Å². The Labute approximate surface area is 116 Å². The van der Waals surface area contributed by atoms with Crippen molar-refractivity contribution in [2.45, 2.75) is 52.6 Å². The molecule has 2 rings (SSSR count). The highest BCUT2D eigenvalue weighted by Crippen LogP contribution is 2.38. The molecule has 0 spiro atoms. The van der Waals surface area contributed by atoms with E-state index >= 15 is 0 Å². The summed E-state index contributed by atoms with van der Waals surface area (Å²) in [6.07, 6.45) is 4.63. The first-order valence-electron chi connectivity index (χ1n) is 7.25. The van der Waals surface area contributed by atoms with Crippen molar-refractivity contribution in [1.29, 1.82) is 0 Å². The average molecular weight is 261 g/mol. The van der Waals surface area contributed by atoms with Crippen LogP contribution in [0.5, 0.6) is 0 Å². The third-order valence-corrected chi connectivity index (χ3v) is 4.20. The summed E-state index contributed by atoms with van der Waals surface area (Å²) >= 11 is 0. The van der Waals surface area contributed by atoms with Crippen LogP contribution in [0.2, 0.25) is 0 Å². The van der Waals surface area contributed by atoms with E-state index in [-0.39, 0.29) is 12.1 Å². The molecule has 1 N–H and O–H groups in total. The molecule has 0 unspecified atom stereocenters. The zero-order valence-electron chi connectivity index (χ0n) is 12.2. The smallest absolute Gasteiger partial charge is 0.335 e. The number of ether oxygens (including phenoxy) is 1. The Morgan fingerprint density at radius 1 is 1.05 bits per heavy atom. The Morgan fingerprint density at radius 3 is 2.16 bits per heavy atom. The van der Waals surface area contributed by atoms with Gasteiger partial charge in [-0.25, -0.2) is 0 Å². The molecule has 1 aliphatic carbocycles. The van der Waals surface area contributed by atoms with Crippen LogP contribution in [-0.2, 0) is 4.74 Å². The van der Waals surface area contributed by atoms with Gasteiger partial charge in [0.25, 0.3) is 0 Å². The Bertz CT molecular complexity index is 409. The van der Waals surface area contributed by atoms with E-state index in [0.29, 0.717) is 5.41 Å². The summed E-state index contributed by atoms with van der Waals surface area (Å²) in [5.74, 6) is 0.839. The molecule has 1 aromatic rings. The molecule has 0 aromatic heterocycles. The van der Waals surface area contributed by atoms with Gasteiger partial charge in [0, 0.05) is 12.8 Å². The Kier molecular flexibility index (Phi) is 4.28. The predicted octanol–water partition coefficient (Wildman–Crippen LogP) is 4.16. The van der Waals surface area contributed by atoms with Crippen LogP contribution in [0.3, 0.4) is 0 Å². The van der Waals surface area contributed by atoms with Crippen LogP contribution in [-0.4, -0.2) is 16.9 Å². The molecule has 0 saturated heterocycles. The summed E-state index contributed by atoms with van der Waals surface area (Å²) in [5.41, 5.74) is 1.15. The number of hydrogen-bond donors (Lipinski definition) is 0. The molecule has 0 atom stereocenters. The monoisotopic (exact) mass is 261 g/mol. The highest BCUT2D eigenvalue weighted by molar-refractivity contribution is 5.90. The van der Waals surface area contributed by atoms with E-state index in [9.17, 15) is 4.79 Å². The summed E-state index contributed by atoms with van der Waals surface area (Å²) in [5, 5.41) is 0. The minimum absolute atomic E-state index is 0.0693. The fourth-order valence-electron chi connectivity index (χ4n) is 2.85. The second kappa shape index (κ2) is 5.77. The standard InChI is InChI=1S/C17H24O2/c1-17(2,3)14-9-11-15(12-10-14)19-16(18)13-7-5-4-6-8-13/h4-8,14-15H,9-12H2,1-3H3/p+1. The van der Waals surface area contributed by atoms with E-state index in [4.69, 9.17) is 4.74 Å². The summed E-state index contributed by atoms with van der Waals surface area (Å²) in [4.78, 5) is 9.99. The largest absolute Gasteiger partial charge is 0.517 e. The Hall–Kier alpha value is -1.31. The van der Waals surface area contributed by atoms with Gasteiger partial charge in [0.05, 0.1) is 0 Å². The van der Waals surface area contributed by atoms with E-state index in [1.165, 1.54) is 12.8 Å². The normalized spacial score (nSPS) is 23.9. The summed E-state index contributed by atoms with van der Waals surface area (Å²) in [7, 11) is 0. The lowest BCUT2D eigenvalue weighted by molar-refractivity contribution is 0.0747. The van der Waals surface area contributed by atoms with E-state index in [1.54, 1.807) is 0 Å². The Balaban J connectivity index is 1.85. The molecular weight excluding hydrogens is 236 g/mol. The molecule has 1 saturated carbocycles. The predicted molar refractivity (Wildman–Crippen MR) is 78.8 cm³/mol. The second-order valence-corrected chi connectivity index (χ2v) is 6.63. The maximum absolute atomic E-state index is 9.99.